The van der Waals surface area contributed by atoms with Gasteiger partial charge in [0.2, 0.25) is 0 Å². The predicted octanol–water partition coefficient (Wildman–Crippen LogP) is 3.21. The minimum atomic E-state index is -0.327. The maximum atomic E-state index is 12.0. The van der Waals surface area contributed by atoms with Crippen LogP contribution >= 0.6 is 0 Å². The molecule has 1 atom stereocenters. The lowest BCUT2D eigenvalue weighted by Gasteiger charge is -2.11. The Morgan fingerprint density at radius 1 is 1.05 bits per heavy atom. The Morgan fingerprint density at radius 3 is 2.26 bits per heavy atom. The van der Waals surface area contributed by atoms with Gasteiger partial charge in [-0.2, -0.15) is 0 Å². The summed E-state index contributed by atoms with van der Waals surface area (Å²) >= 11 is 0. The number of ether oxygens (including phenoxy) is 1. The quantitative estimate of drug-likeness (QED) is 0.478. The van der Waals surface area contributed by atoms with E-state index in [1.807, 2.05) is 30.3 Å². The molecular formula is C16H14O3. The molecule has 0 heterocycles. The van der Waals surface area contributed by atoms with Crippen LogP contribution in [-0.2, 0) is 4.79 Å². The highest BCUT2D eigenvalue weighted by atomic mass is 16.5. The zero-order valence-electron chi connectivity index (χ0n) is 10.6. The van der Waals surface area contributed by atoms with Gasteiger partial charge in [0.25, 0.3) is 0 Å². The SMILES string of the molecule is CC(C(=O)Oc1ccc(C=O)cc1)c1ccccc1. The molecule has 0 aromatic heterocycles. The Kier molecular flexibility index (Phi) is 4.08. The van der Waals surface area contributed by atoms with Crippen molar-refractivity contribution >= 4 is 12.3 Å². The van der Waals surface area contributed by atoms with Crippen LogP contribution in [0.15, 0.2) is 54.6 Å². The van der Waals surface area contributed by atoms with Gasteiger partial charge in [-0.1, -0.05) is 30.3 Å². The maximum Gasteiger partial charge on any atom is 0.318 e. The van der Waals surface area contributed by atoms with E-state index < -0.39 is 0 Å². The van der Waals surface area contributed by atoms with E-state index in [1.165, 1.54) is 0 Å². The van der Waals surface area contributed by atoms with E-state index in [2.05, 4.69) is 0 Å². The molecule has 3 heteroatoms. The molecule has 19 heavy (non-hydrogen) atoms. The molecule has 0 saturated heterocycles. The van der Waals surface area contributed by atoms with Crippen LogP contribution in [0.5, 0.6) is 5.75 Å². The fourth-order valence-electron chi connectivity index (χ4n) is 1.70. The summed E-state index contributed by atoms with van der Waals surface area (Å²) in [6, 6.07) is 15.9. The molecule has 3 nitrogen and oxygen atoms in total. The van der Waals surface area contributed by atoms with E-state index in [0.29, 0.717) is 11.3 Å². The molecule has 0 fully saturated rings. The average Bonchev–Trinajstić information content (AvgIpc) is 2.48. The number of rotatable bonds is 4. The Labute approximate surface area is 111 Å². The molecule has 0 bridgehead atoms. The summed E-state index contributed by atoms with van der Waals surface area (Å²) in [6.45, 7) is 1.80. The normalized spacial score (nSPS) is 11.6. The molecule has 2 aromatic rings. The molecule has 0 N–H and O–H groups in total. The van der Waals surface area contributed by atoms with Crippen LogP contribution in [0.25, 0.3) is 0 Å². The molecule has 0 aliphatic carbocycles. The van der Waals surface area contributed by atoms with E-state index in [4.69, 9.17) is 4.74 Å². The minimum absolute atomic E-state index is 0.315. The van der Waals surface area contributed by atoms with Crippen LogP contribution in [0.4, 0.5) is 0 Å². The van der Waals surface area contributed by atoms with Gasteiger partial charge in [-0.05, 0) is 36.8 Å². The Balaban J connectivity index is 2.06. The lowest BCUT2D eigenvalue weighted by atomic mass is 10.0. The molecule has 0 amide bonds. The summed E-state index contributed by atoms with van der Waals surface area (Å²) in [5.41, 5.74) is 1.47. The van der Waals surface area contributed by atoms with E-state index in [0.717, 1.165) is 11.8 Å². The fraction of sp³-hybridized carbons (Fsp3) is 0.125. The van der Waals surface area contributed by atoms with Crippen LogP contribution in [0, 0.1) is 0 Å². The van der Waals surface area contributed by atoms with E-state index >= 15 is 0 Å². The van der Waals surface area contributed by atoms with Gasteiger partial charge < -0.3 is 4.74 Å². The third kappa shape index (κ3) is 3.28. The summed E-state index contributed by atoms with van der Waals surface area (Å²) in [6.07, 6.45) is 0.748. The van der Waals surface area contributed by atoms with Crippen LogP contribution in [-0.4, -0.2) is 12.3 Å². The van der Waals surface area contributed by atoms with Crippen LogP contribution in [0.3, 0.4) is 0 Å². The largest absolute Gasteiger partial charge is 0.426 e. The first-order valence-corrected chi connectivity index (χ1v) is 6.02. The average molecular weight is 254 g/mol. The highest BCUT2D eigenvalue weighted by Crippen LogP contribution is 2.19. The van der Waals surface area contributed by atoms with Crippen molar-refractivity contribution in [3.05, 3.63) is 65.7 Å². The second-order valence-electron chi connectivity index (χ2n) is 4.24. The van der Waals surface area contributed by atoms with Crippen molar-refractivity contribution < 1.29 is 14.3 Å². The first kappa shape index (κ1) is 13.0. The van der Waals surface area contributed by atoms with Gasteiger partial charge in [-0.3, -0.25) is 9.59 Å². The van der Waals surface area contributed by atoms with E-state index in [1.54, 1.807) is 31.2 Å². The smallest absolute Gasteiger partial charge is 0.318 e. The van der Waals surface area contributed by atoms with Crippen LogP contribution in [0.2, 0.25) is 0 Å². The lowest BCUT2D eigenvalue weighted by Crippen LogP contribution is -2.16. The summed E-state index contributed by atoms with van der Waals surface area (Å²) in [7, 11) is 0. The van der Waals surface area contributed by atoms with Crippen molar-refractivity contribution in [1.82, 2.24) is 0 Å². The van der Waals surface area contributed by atoms with Gasteiger partial charge in [-0.25, -0.2) is 0 Å². The van der Waals surface area contributed by atoms with Crippen LogP contribution < -0.4 is 4.74 Å². The van der Waals surface area contributed by atoms with Gasteiger partial charge >= 0.3 is 5.97 Å². The monoisotopic (exact) mass is 254 g/mol. The zero-order valence-corrected chi connectivity index (χ0v) is 10.6. The first-order valence-electron chi connectivity index (χ1n) is 6.02. The second kappa shape index (κ2) is 5.96. The minimum Gasteiger partial charge on any atom is -0.426 e. The third-order valence-electron chi connectivity index (χ3n) is 2.89. The third-order valence-corrected chi connectivity index (χ3v) is 2.89. The molecule has 1 unspecified atom stereocenters. The van der Waals surface area contributed by atoms with E-state index in [-0.39, 0.29) is 11.9 Å². The number of hydrogen-bond acceptors (Lipinski definition) is 3. The highest BCUT2D eigenvalue weighted by Gasteiger charge is 2.17. The highest BCUT2D eigenvalue weighted by molar-refractivity contribution is 5.80. The lowest BCUT2D eigenvalue weighted by molar-refractivity contribution is -0.135. The van der Waals surface area contributed by atoms with Gasteiger partial charge in [0.15, 0.2) is 0 Å². The van der Waals surface area contributed by atoms with Gasteiger partial charge in [0.1, 0.15) is 12.0 Å². The van der Waals surface area contributed by atoms with Gasteiger partial charge in [0, 0.05) is 5.56 Å². The molecule has 2 rings (SSSR count). The van der Waals surface area contributed by atoms with Gasteiger partial charge in [0.05, 0.1) is 5.92 Å². The number of carbonyl (C=O) groups excluding carboxylic acids is 2. The molecule has 2 aromatic carbocycles. The van der Waals surface area contributed by atoms with Crippen molar-refractivity contribution in [2.75, 3.05) is 0 Å². The number of benzene rings is 2. The fourth-order valence-corrected chi connectivity index (χ4v) is 1.70. The molecule has 0 saturated carbocycles. The Morgan fingerprint density at radius 2 is 1.68 bits per heavy atom. The first-order chi connectivity index (χ1) is 9.20. The van der Waals surface area contributed by atoms with E-state index in [9.17, 15) is 9.59 Å². The van der Waals surface area contributed by atoms with Crippen molar-refractivity contribution in [3.8, 4) is 5.75 Å². The number of hydrogen-bond donors (Lipinski definition) is 0. The summed E-state index contributed by atoms with van der Waals surface area (Å²) in [5.74, 6) is -0.199. The second-order valence-corrected chi connectivity index (χ2v) is 4.24. The number of carbonyl (C=O) groups is 2. The summed E-state index contributed by atoms with van der Waals surface area (Å²) in [4.78, 5) is 22.5. The number of aldehydes is 1. The zero-order chi connectivity index (χ0) is 13.7. The van der Waals surface area contributed by atoms with Crippen molar-refractivity contribution in [2.45, 2.75) is 12.8 Å². The standard InChI is InChI=1S/C16H14O3/c1-12(14-5-3-2-4-6-14)16(18)19-15-9-7-13(11-17)8-10-15/h2-12H,1H3. The maximum absolute atomic E-state index is 12.0. The molecule has 0 aliphatic heterocycles. The molecule has 0 spiro atoms. The summed E-state index contributed by atoms with van der Waals surface area (Å²) in [5, 5.41) is 0. The molecule has 0 aliphatic rings. The topological polar surface area (TPSA) is 43.4 Å². The molecule has 0 radical (unpaired) electrons. The Hall–Kier alpha value is -2.42. The predicted molar refractivity (Wildman–Crippen MR) is 72.3 cm³/mol. The van der Waals surface area contributed by atoms with Crippen molar-refractivity contribution in [3.63, 3.8) is 0 Å². The van der Waals surface area contributed by atoms with Crippen molar-refractivity contribution in [2.24, 2.45) is 0 Å². The Bertz CT molecular complexity index is 558. The summed E-state index contributed by atoms with van der Waals surface area (Å²) < 4.78 is 5.28. The van der Waals surface area contributed by atoms with Crippen molar-refractivity contribution in [1.29, 1.82) is 0 Å². The number of esters is 1. The van der Waals surface area contributed by atoms with Crippen LogP contribution in [0.1, 0.15) is 28.8 Å². The molecular weight excluding hydrogens is 240 g/mol. The molecule has 96 valence electrons. The van der Waals surface area contributed by atoms with Gasteiger partial charge in [-0.15, -0.1) is 0 Å².